The van der Waals surface area contributed by atoms with Crippen LogP contribution in [0.5, 0.6) is 0 Å². The van der Waals surface area contributed by atoms with Crippen molar-refractivity contribution < 1.29 is 14.4 Å². The molecule has 0 aromatic carbocycles. The smallest absolute Gasteiger partial charge is 0.243 e. The molecule has 0 aromatic heterocycles. The molecule has 3 amide bonds. The van der Waals surface area contributed by atoms with Gasteiger partial charge in [0.1, 0.15) is 6.04 Å². The number of hydrogen-bond acceptors (Lipinski definition) is 3. The van der Waals surface area contributed by atoms with Crippen LogP contribution in [0.3, 0.4) is 0 Å². The second kappa shape index (κ2) is 7.10. The van der Waals surface area contributed by atoms with Crippen molar-refractivity contribution in [2.45, 2.75) is 77.3 Å². The Morgan fingerprint density at radius 2 is 1.52 bits per heavy atom. The van der Waals surface area contributed by atoms with E-state index in [4.69, 9.17) is 0 Å². The molecule has 0 unspecified atom stereocenters. The van der Waals surface area contributed by atoms with E-state index >= 15 is 0 Å². The average molecular weight is 376 g/mol. The summed E-state index contributed by atoms with van der Waals surface area (Å²) in [6.07, 6.45) is 8.87. The van der Waals surface area contributed by atoms with E-state index in [-0.39, 0.29) is 41.6 Å². The van der Waals surface area contributed by atoms with Gasteiger partial charge in [-0.25, -0.2) is 0 Å². The Morgan fingerprint density at radius 1 is 0.963 bits per heavy atom. The lowest BCUT2D eigenvalue weighted by molar-refractivity contribution is -0.149. The molecule has 27 heavy (non-hydrogen) atoms. The minimum Gasteiger partial charge on any atom is -0.352 e. The van der Waals surface area contributed by atoms with Crippen LogP contribution in [0.1, 0.15) is 65.2 Å². The molecule has 5 rings (SSSR count). The van der Waals surface area contributed by atoms with Gasteiger partial charge in [-0.05, 0) is 75.0 Å². The Morgan fingerprint density at radius 3 is 2.00 bits per heavy atom. The maximum Gasteiger partial charge on any atom is 0.243 e. The van der Waals surface area contributed by atoms with Crippen molar-refractivity contribution in [2.24, 2.45) is 29.1 Å². The number of carbonyl (C=O) groups is 3. The molecular weight excluding hydrogens is 342 g/mol. The number of nitrogens with one attached hydrogen (secondary N) is 3. The molecule has 5 saturated carbocycles. The molecule has 0 aliphatic heterocycles. The highest BCUT2D eigenvalue weighted by Gasteiger charge is 2.55. The van der Waals surface area contributed by atoms with Gasteiger partial charge in [-0.1, -0.05) is 13.8 Å². The van der Waals surface area contributed by atoms with Gasteiger partial charge in [0.2, 0.25) is 17.7 Å². The molecule has 6 heteroatoms. The molecule has 0 heterocycles. The highest BCUT2D eigenvalue weighted by molar-refractivity contribution is 5.92. The predicted molar refractivity (Wildman–Crippen MR) is 102 cm³/mol. The first-order valence-corrected chi connectivity index (χ1v) is 10.7. The van der Waals surface area contributed by atoms with Gasteiger partial charge in [-0.2, -0.15) is 0 Å². The topological polar surface area (TPSA) is 87.3 Å². The zero-order valence-corrected chi connectivity index (χ0v) is 16.6. The summed E-state index contributed by atoms with van der Waals surface area (Å²) in [5.74, 6) is 1.72. The summed E-state index contributed by atoms with van der Waals surface area (Å²) >= 11 is 0. The summed E-state index contributed by atoms with van der Waals surface area (Å²) in [6.45, 7) is 3.86. The van der Waals surface area contributed by atoms with Gasteiger partial charge < -0.3 is 16.0 Å². The van der Waals surface area contributed by atoms with Crippen LogP contribution in [0.25, 0.3) is 0 Å². The Balaban J connectivity index is 1.35. The summed E-state index contributed by atoms with van der Waals surface area (Å²) in [5.41, 5.74) is -0.258. The fraction of sp³-hybridized carbons (Fsp3) is 0.857. The Labute approximate surface area is 161 Å². The minimum absolute atomic E-state index is 0.0191. The standard InChI is InChI=1S/C21H33N3O3/c1-12(2)18(19(26)22-11-17(25)23-16-3-4-16)24-20(27)21-8-13-5-14(9-21)7-15(6-13)10-21/h12-16,18H,3-11H2,1-2H3,(H,22,26)(H,23,25)(H,24,27)/t13?,14?,15?,18-,21?/m1/s1. The van der Waals surface area contributed by atoms with E-state index in [1.807, 2.05) is 13.8 Å². The van der Waals surface area contributed by atoms with Crippen molar-refractivity contribution in [1.82, 2.24) is 16.0 Å². The lowest BCUT2D eigenvalue weighted by Gasteiger charge is -2.55. The van der Waals surface area contributed by atoms with E-state index in [1.54, 1.807) is 0 Å². The number of hydrogen-bond donors (Lipinski definition) is 3. The largest absolute Gasteiger partial charge is 0.352 e. The molecule has 5 fully saturated rings. The average Bonchev–Trinajstić information content (AvgIpc) is 3.39. The van der Waals surface area contributed by atoms with Gasteiger partial charge in [-0.3, -0.25) is 14.4 Å². The van der Waals surface area contributed by atoms with E-state index in [0.717, 1.165) is 32.1 Å². The Kier molecular flexibility index (Phi) is 4.93. The first kappa shape index (κ1) is 18.8. The molecule has 6 nitrogen and oxygen atoms in total. The van der Waals surface area contributed by atoms with Gasteiger partial charge in [0.05, 0.1) is 6.54 Å². The summed E-state index contributed by atoms with van der Waals surface area (Å²) in [4.78, 5) is 37.7. The molecule has 3 N–H and O–H groups in total. The lowest BCUT2D eigenvalue weighted by atomic mass is 9.49. The molecule has 0 radical (unpaired) electrons. The molecule has 150 valence electrons. The normalized spacial score (nSPS) is 35.0. The van der Waals surface area contributed by atoms with Crippen LogP contribution in [0.15, 0.2) is 0 Å². The van der Waals surface area contributed by atoms with Gasteiger partial charge in [0, 0.05) is 11.5 Å². The summed E-state index contributed by atoms with van der Waals surface area (Å²) in [6, 6.07) is -0.301. The van der Waals surface area contributed by atoms with E-state index in [1.165, 1.54) is 19.3 Å². The fourth-order valence-corrected chi connectivity index (χ4v) is 6.00. The highest BCUT2D eigenvalue weighted by atomic mass is 16.2. The van der Waals surface area contributed by atoms with E-state index in [0.29, 0.717) is 17.8 Å². The van der Waals surface area contributed by atoms with Crippen LogP contribution < -0.4 is 16.0 Å². The van der Waals surface area contributed by atoms with Crippen molar-refractivity contribution in [3.63, 3.8) is 0 Å². The van der Waals surface area contributed by atoms with E-state index < -0.39 is 6.04 Å². The SMILES string of the molecule is CC(C)[C@@H](NC(=O)C12CC3CC(CC(C3)C1)C2)C(=O)NCC(=O)NC1CC1. The van der Waals surface area contributed by atoms with Gasteiger partial charge >= 0.3 is 0 Å². The fourth-order valence-electron chi connectivity index (χ4n) is 6.00. The summed E-state index contributed by atoms with van der Waals surface area (Å²) < 4.78 is 0. The van der Waals surface area contributed by atoms with Crippen molar-refractivity contribution in [3.8, 4) is 0 Å². The third kappa shape index (κ3) is 3.99. The van der Waals surface area contributed by atoms with E-state index in [2.05, 4.69) is 16.0 Å². The van der Waals surface area contributed by atoms with Crippen molar-refractivity contribution in [1.29, 1.82) is 0 Å². The van der Waals surface area contributed by atoms with Crippen LogP contribution >= 0.6 is 0 Å². The lowest BCUT2D eigenvalue weighted by Crippen LogP contribution is -2.58. The third-order valence-electron chi connectivity index (χ3n) is 7.12. The molecule has 5 aliphatic rings. The summed E-state index contributed by atoms with van der Waals surface area (Å²) in [5, 5.41) is 8.64. The molecule has 5 aliphatic carbocycles. The zero-order valence-electron chi connectivity index (χ0n) is 16.6. The Bertz CT molecular complexity index is 591. The molecule has 0 saturated heterocycles. The summed E-state index contributed by atoms with van der Waals surface area (Å²) in [7, 11) is 0. The van der Waals surface area contributed by atoms with Gasteiger partial charge in [0.25, 0.3) is 0 Å². The van der Waals surface area contributed by atoms with Gasteiger partial charge in [-0.15, -0.1) is 0 Å². The first-order valence-electron chi connectivity index (χ1n) is 10.7. The van der Waals surface area contributed by atoms with Crippen LogP contribution in [0.4, 0.5) is 0 Å². The zero-order chi connectivity index (χ0) is 19.2. The number of amides is 3. The first-order chi connectivity index (χ1) is 12.8. The maximum atomic E-state index is 13.2. The van der Waals surface area contributed by atoms with Crippen LogP contribution in [0.2, 0.25) is 0 Å². The van der Waals surface area contributed by atoms with Crippen molar-refractivity contribution >= 4 is 17.7 Å². The second-order valence-corrected chi connectivity index (χ2v) is 9.95. The van der Waals surface area contributed by atoms with Gasteiger partial charge in [0.15, 0.2) is 0 Å². The van der Waals surface area contributed by atoms with Crippen LogP contribution in [-0.4, -0.2) is 36.3 Å². The van der Waals surface area contributed by atoms with Crippen molar-refractivity contribution in [3.05, 3.63) is 0 Å². The molecule has 0 aromatic rings. The quantitative estimate of drug-likeness (QED) is 0.633. The monoisotopic (exact) mass is 375 g/mol. The molecule has 0 spiro atoms. The van der Waals surface area contributed by atoms with Crippen molar-refractivity contribution in [2.75, 3.05) is 6.54 Å². The number of carbonyl (C=O) groups excluding carboxylic acids is 3. The second-order valence-electron chi connectivity index (χ2n) is 9.95. The number of rotatable bonds is 7. The third-order valence-corrected chi connectivity index (χ3v) is 7.12. The Hall–Kier alpha value is -1.59. The highest BCUT2D eigenvalue weighted by Crippen LogP contribution is 2.60. The van der Waals surface area contributed by atoms with Crippen LogP contribution in [-0.2, 0) is 14.4 Å². The molecule has 4 bridgehead atoms. The van der Waals surface area contributed by atoms with Crippen LogP contribution in [0, 0.1) is 29.1 Å². The molecule has 1 atom stereocenters. The molecular formula is C21H33N3O3. The minimum atomic E-state index is -0.584. The maximum absolute atomic E-state index is 13.2. The van der Waals surface area contributed by atoms with E-state index in [9.17, 15) is 14.4 Å². The predicted octanol–water partition coefficient (Wildman–Crippen LogP) is 1.74.